The van der Waals surface area contributed by atoms with Crippen LogP contribution in [0.3, 0.4) is 0 Å². The van der Waals surface area contributed by atoms with Crippen LogP contribution in [-0.4, -0.2) is 49.3 Å². The Hall–Kier alpha value is -2.85. The Morgan fingerprint density at radius 1 is 1.33 bits per heavy atom. The Bertz CT molecular complexity index is 782. The van der Waals surface area contributed by atoms with E-state index >= 15 is 0 Å². The van der Waals surface area contributed by atoms with Gasteiger partial charge in [-0.15, -0.1) is 0 Å². The van der Waals surface area contributed by atoms with E-state index in [9.17, 15) is 22.8 Å². The third kappa shape index (κ3) is 2.84. The minimum Gasteiger partial charge on any atom is -0.480 e. The summed E-state index contributed by atoms with van der Waals surface area (Å²) in [5.41, 5.74) is 0.0921. The minimum absolute atomic E-state index is 0.0413. The fourth-order valence-corrected chi connectivity index (χ4v) is 2.61. The van der Waals surface area contributed by atoms with Gasteiger partial charge in [0.25, 0.3) is 5.91 Å². The molecule has 0 aliphatic carbocycles. The van der Waals surface area contributed by atoms with E-state index in [-0.39, 0.29) is 24.3 Å². The molecule has 2 aromatic heterocycles. The van der Waals surface area contributed by atoms with Gasteiger partial charge in [0, 0.05) is 18.8 Å². The number of anilines is 1. The van der Waals surface area contributed by atoms with Crippen LogP contribution in [0.1, 0.15) is 22.8 Å². The number of amides is 1. The maximum atomic E-state index is 13.0. The first-order valence-corrected chi connectivity index (χ1v) is 6.93. The summed E-state index contributed by atoms with van der Waals surface area (Å²) in [6, 6.07) is -0.446. The van der Waals surface area contributed by atoms with Crippen molar-refractivity contribution < 1.29 is 27.9 Å². The number of halogens is 3. The molecule has 11 heteroatoms. The van der Waals surface area contributed by atoms with Gasteiger partial charge in [0.15, 0.2) is 6.04 Å². The molecular formula is C13H12F3N5O3. The number of nitrogens with zero attached hydrogens (tertiary/aromatic N) is 5. The predicted octanol–water partition coefficient (Wildman–Crippen LogP) is 1.32. The summed E-state index contributed by atoms with van der Waals surface area (Å²) < 4.78 is 41.0. The molecule has 3 rings (SSSR count). The molecule has 24 heavy (non-hydrogen) atoms. The lowest BCUT2D eigenvalue weighted by Gasteiger charge is -2.33. The monoisotopic (exact) mass is 343 g/mol. The van der Waals surface area contributed by atoms with Crippen LogP contribution in [0.4, 0.5) is 19.0 Å². The third-order valence-corrected chi connectivity index (χ3v) is 3.65. The van der Waals surface area contributed by atoms with Gasteiger partial charge in [-0.1, -0.05) is 0 Å². The first kappa shape index (κ1) is 16.0. The fraction of sp³-hybridized carbons (Fsp3) is 0.385. The van der Waals surface area contributed by atoms with Crippen molar-refractivity contribution >= 4 is 17.7 Å². The maximum absolute atomic E-state index is 13.0. The van der Waals surface area contributed by atoms with E-state index in [0.717, 1.165) is 9.36 Å². The van der Waals surface area contributed by atoms with Crippen LogP contribution >= 0.6 is 0 Å². The van der Waals surface area contributed by atoms with Crippen LogP contribution in [-0.2, 0) is 11.3 Å². The summed E-state index contributed by atoms with van der Waals surface area (Å²) in [6.07, 6.45) is -1.14. The van der Waals surface area contributed by atoms with Crippen LogP contribution < -0.4 is 4.90 Å². The molecular weight excluding hydrogens is 331 g/mol. The van der Waals surface area contributed by atoms with Crippen LogP contribution in [0.25, 0.3) is 0 Å². The first-order valence-electron chi connectivity index (χ1n) is 6.93. The number of carboxylic acid groups (broad SMARTS) is 1. The highest BCUT2D eigenvalue weighted by Crippen LogP contribution is 2.39. The van der Waals surface area contributed by atoms with Gasteiger partial charge in [-0.05, 0) is 6.42 Å². The van der Waals surface area contributed by atoms with Crippen molar-refractivity contribution in [1.29, 1.82) is 0 Å². The van der Waals surface area contributed by atoms with Crippen molar-refractivity contribution in [3.05, 3.63) is 30.2 Å². The van der Waals surface area contributed by atoms with Gasteiger partial charge < -0.3 is 5.11 Å². The van der Waals surface area contributed by atoms with E-state index in [4.69, 9.17) is 5.11 Å². The molecule has 0 saturated heterocycles. The number of fused-ring (bicyclic) bond motifs is 1. The number of carbonyl (C=O) groups excluding carboxylic acids is 1. The van der Waals surface area contributed by atoms with Crippen molar-refractivity contribution in [2.45, 2.75) is 25.2 Å². The third-order valence-electron chi connectivity index (χ3n) is 3.65. The van der Waals surface area contributed by atoms with Crippen LogP contribution in [0, 0.1) is 0 Å². The molecule has 0 spiro atoms. The molecule has 1 aliphatic heterocycles. The van der Waals surface area contributed by atoms with Gasteiger partial charge in [0.2, 0.25) is 0 Å². The molecule has 0 radical (unpaired) electrons. The summed E-state index contributed by atoms with van der Waals surface area (Å²) in [5, 5.41) is 16.1. The highest BCUT2D eigenvalue weighted by Gasteiger charge is 2.45. The molecule has 1 atom stereocenters. The average Bonchev–Trinajstić information content (AvgIpc) is 3.12. The topological polar surface area (TPSA) is 93.2 Å². The second-order valence-corrected chi connectivity index (χ2v) is 5.26. The van der Waals surface area contributed by atoms with E-state index in [1.807, 2.05) is 0 Å². The Kier molecular flexibility index (Phi) is 3.78. The van der Waals surface area contributed by atoms with Gasteiger partial charge in [-0.3, -0.25) is 19.2 Å². The summed E-state index contributed by atoms with van der Waals surface area (Å²) in [7, 11) is 0. The van der Waals surface area contributed by atoms with Gasteiger partial charge in [-0.2, -0.15) is 23.4 Å². The van der Waals surface area contributed by atoms with E-state index < -0.39 is 30.6 Å². The number of rotatable bonds is 3. The summed E-state index contributed by atoms with van der Waals surface area (Å²) in [5.74, 6) is -1.64. The number of hydrogen-bond acceptors (Lipinski definition) is 4. The van der Waals surface area contributed by atoms with E-state index in [1.54, 1.807) is 0 Å². The summed E-state index contributed by atoms with van der Waals surface area (Å²) >= 11 is 0. The molecule has 1 amide bonds. The summed E-state index contributed by atoms with van der Waals surface area (Å²) in [6.45, 7) is -0.541. The Labute approximate surface area is 133 Å². The van der Waals surface area contributed by atoms with Gasteiger partial charge in [-0.25, -0.2) is 4.68 Å². The molecule has 1 unspecified atom stereocenters. The smallest absolute Gasteiger partial charge is 0.410 e. The zero-order valence-corrected chi connectivity index (χ0v) is 12.1. The average molecular weight is 343 g/mol. The number of carboxylic acids is 1. The fourth-order valence-electron chi connectivity index (χ4n) is 2.61. The van der Waals surface area contributed by atoms with Crippen LogP contribution in [0.5, 0.6) is 0 Å². The normalized spacial score (nSPS) is 17.6. The zero-order valence-electron chi connectivity index (χ0n) is 12.1. The highest BCUT2D eigenvalue weighted by atomic mass is 19.4. The van der Waals surface area contributed by atoms with Crippen LogP contribution in [0.15, 0.2) is 24.7 Å². The second kappa shape index (κ2) is 5.65. The van der Waals surface area contributed by atoms with E-state index in [0.29, 0.717) is 0 Å². The van der Waals surface area contributed by atoms with Gasteiger partial charge in [0.1, 0.15) is 12.4 Å². The van der Waals surface area contributed by atoms with Crippen molar-refractivity contribution in [3.8, 4) is 0 Å². The van der Waals surface area contributed by atoms with Crippen molar-refractivity contribution in [2.24, 2.45) is 0 Å². The maximum Gasteiger partial charge on any atom is 0.410 e. The molecule has 0 bridgehead atoms. The van der Waals surface area contributed by atoms with Gasteiger partial charge >= 0.3 is 12.1 Å². The number of carbonyl (C=O) groups is 2. The lowest BCUT2D eigenvalue weighted by atomic mass is 10.1. The largest absolute Gasteiger partial charge is 0.480 e. The lowest BCUT2D eigenvalue weighted by Crippen LogP contribution is -2.43. The number of hydrogen-bond donors (Lipinski definition) is 1. The molecule has 0 saturated carbocycles. The molecule has 3 heterocycles. The Morgan fingerprint density at radius 2 is 2.08 bits per heavy atom. The summed E-state index contributed by atoms with van der Waals surface area (Å²) in [4.78, 5) is 24.3. The molecule has 8 nitrogen and oxygen atoms in total. The molecule has 128 valence electrons. The molecule has 0 aromatic carbocycles. The van der Waals surface area contributed by atoms with Crippen molar-refractivity contribution in [2.75, 3.05) is 11.4 Å². The number of alkyl halides is 3. The standard InChI is InChI=1S/C13H12F3N5O3/c14-13(15,16)9-2-4-20(10-1-3-17-21(9)10)12(24)8-5-18-19(6-8)7-11(22)23/h1,3,5-6,9H,2,4,7H2,(H,22,23). The van der Waals surface area contributed by atoms with Crippen molar-refractivity contribution in [1.82, 2.24) is 19.6 Å². The van der Waals surface area contributed by atoms with Gasteiger partial charge in [0.05, 0.1) is 18.0 Å². The molecule has 0 fully saturated rings. The zero-order chi connectivity index (χ0) is 17.5. The quantitative estimate of drug-likeness (QED) is 0.907. The SMILES string of the molecule is O=C(O)Cn1cc(C(=O)N2CCC(C(F)(F)F)n3nccc32)cn1. The Balaban J connectivity index is 1.86. The number of aromatic nitrogens is 4. The minimum atomic E-state index is -4.46. The predicted molar refractivity (Wildman–Crippen MR) is 73.5 cm³/mol. The molecule has 1 aliphatic rings. The highest BCUT2D eigenvalue weighted by molar-refractivity contribution is 6.05. The lowest BCUT2D eigenvalue weighted by molar-refractivity contribution is -0.172. The first-order chi connectivity index (χ1) is 11.3. The van der Waals surface area contributed by atoms with E-state index in [2.05, 4.69) is 10.2 Å². The Morgan fingerprint density at radius 3 is 2.75 bits per heavy atom. The number of aliphatic carboxylic acids is 1. The van der Waals surface area contributed by atoms with E-state index in [1.165, 1.54) is 29.6 Å². The van der Waals surface area contributed by atoms with Crippen molar-refractivity contribution in [3.63, 3.8) is 0 Å². The molecule has 1 N–H and O–H groups in total. The van der Waals surface area contributed by atoms with Crippen LogP contribution in [0.2, 0.25) is 0 Å². The molecule has 2 aromatic rings. The second-order valence-electron chi connectivity index (χ2n) is 5.26.